The van der Waals surface area contributed by atoms with Crippen molar-refractivity contribution < 1.29 is 4.79 Å². The first-order valence-electron chi connectivity index (χ1n) is 3.75. The Bertz CT molecular complexity index is 370. The van der Waals surface area contributed by atoms with Gasteiger partial charge in [-0.1, -0.05) is 0 Å². The van der Waals surface area contributed by atoms with E-state index in [0.717, 1.165) is 24.1 Å². The minimum Gasteiger partial charge on any atom is -0.329 e. The summed E-state index contributed by atoms with van der Waals surface area (Å²) in [5.74, 6) is 0. The summed E-state index contributed by atoms with van der Waals surface area (Å²) < 4.78 is 0. The van der Waals surface area contributed by atoms with Crippen LogP contribution in [0.5, 0.6) is 0 Å². The van der Waals surface area contributed by atoms with Gasteiger partial charge in [-0.05, 0) is 12.0 Å². The van der Waals surface area contributed by atoms with Crippen molar-refractivity contribution in [3.05, 3.63) is 28.2 Å². The summed E-state index contributed by atoms with van der Waals surface area (Å²) in [5, 5.41) is 0. The van der Waals surface area contributed by atoms with Gasteiger partial charge in [0.15, 0.2) is 0 Å². The molecular weight excluding hydrogens is 156 g/mol. The second-order valence-electron chi connectivity index (χ2n) is 2.76. The monoisotopic (exact) mass is 164 g/mol. The zero-order chi connectivity index (χ0) is 8.55. The number of H-pyrrole nitrogens is 1. The number of nitrogens with one attached hydrogen (secondary N) is 1. The Hall–Kier alpha value is -1.58. The molecule has 0 aromatic carbocycles. The van der Waals surface area contributed by atoms with E-state index in [1.165, 1.54) is 6.07 Å². The number of carbonyl (C=O) groups is 1. The fourth-order valence-corrected chi connectivity index (χ4v) is 1.43. The van der Waals surface area contributed by atoms with Crippen molar-refractivity contribution in [3.63, 3.8) is 0 Å². The van der Waals surface area contributed by atoms with Gasteiger partial charge < -0.3 is 9.88 Å². The molecule has 1 aromatic rings. The van der Waals surface area contributed by atoms with Crippen LogP contribution in [0.3, 0.4) is 0 Å². The van der Waals surface area contributed by atoms with Gasteiger partial charge in [-0.15, -0.1) is 0 Å². The highest BCUT2D eigenvalue weighted by Crippen LogP contribution is 2.23. The summed E-state index contributed by atoms with van der Waals surface area (Å²) in [6, 6.07) is 1.46. The fraction of sp³-hybridized carbons (Fsp3) is 0.250. The number of aromatic amines is 1. The SMILES string of the molecule is O=CN1CCc2c[nH]c(=O)cc21. The quantitative estimate of drug-likeness (QED) is 0.589. The molecule has 0 unspecified atom stereocenters. The van der Waals surface area contributed by atoms with Crippen molar-refractivity contribution >= 4 is 12.1 Å². The number of aromatic nitrogens is 1. The van der Waals surface area contributed by atoms with E-state index in [2.05, 4.69) is 4.98 Å². The van der Waals surface area contributed by atoms with E-state index in [1.54, 1.807) is 11.1 Å². The van der Waals surface area contributed by atoms with Crippen LogP contribution in [0, 0.1) is 0 Å². The molecule has 0 aliphatic carbocycles. The molecule has 0 fully saturated rings. The van der Waals surface area contributed by atoms with Crippen LogP contribution >= 0.6 is 0 Å². The predicted molar refractivity (Wildman–Crippen MR) is 44.2 cm³/mol. The first-order valence-corrected chi connectivity index (χ1v) is 3.75. The lowest BCUT2D eigenvalue weighted by molar-refractivity contribution is -0.107. The molecule has 0 bridgehead atoms. The van der Waals surface area contributed by atoms with Crippen molar-refractivity contribution in [2.24, 2.45) is 0 Å². The third-order valence-electron chi connectivity index (χ3n) is 2.04. The first kappa shape index (κ1) is 7.09. The van der Waals surface area contributed by atoms with Gasteiger partial charge >= 0.3 is 0 Å². The van der Waals surface area contributed by atoms with Crippen LogP contribution in [0.4, 0.5) is 5.69 Å². The van der Waals surface area contributed by atoms with Gasteiger partial charge in [-0.3, -0.25) is 9.59 Å². The van der Waals surface area contributed by atoms with Crippen LogP contribution in [0.15, 0.2) is 17.1 Å². The number of hydrogen-bond donors (Lipinski definition) is 1. The molecule has 62 valence electrons. The van der Waals surface area contributed by atoms with Crippen LogP contribution in [-0.4, -0.2) is 17.9 Å². The predicted octanol–water partition coefficient (Wildman–Crippen LogP) is -0.106. The average Bonchev–Trinajstić information content (AvgIpc) is 2.46. The van der Waals surface area contributed by atoms with Crippen molar-refractivity contribution in [2.75, 3.05) is 11.4 Å². The molecular formula is C8H8N2O2. The van der Waals surface area contributed by atoms with E-state index in [1.807, 2.05) is 0 Å². The molecule has 1 amide bonds. The average molecular weight is 164 g/mol. The number of amides is 1. The molecule has 12 heavy (non-hydrogen) atoms. The highest BCUT2D eigenvalue weighted by molar-refractivity contribution is 5.79. The molecule has 4 nitrogen and oxygen atoms in total. The first-order chi connectivity index (χ1) is 5.81. The zero-order valence-electron chi connectivity index (χ0n) is 6.41. The van der Waals surface area contributed by atoms with Crippen LogP contribution in [0.1, 0.15) is 5.56 Å². The standard InChI is InChI=1S/C8H8N2O2/c11-5-10-2-1-6-4-9-8(12)3-7(6)10/h3-5H,1-2H2,(H,9,12). The molecule has 0 radical (unpaired) electrons. The minimum absolute atomic E-state index is 0.164. The fourth-order valence-electron chi connectivity index (χ4n) is 1.43. The summed E-state index contributed by atoms with van der Waals surface area (Å²) in [6.45, 7) is 0.677. The van der Waals surface area contributed by atoms with Crippen LogP contribution < -0.4 is 10.5 Å². The maximum absolute atomic E-state index is 10.9. The Morgan fingerprint density at radius 2 is 2.42 bits per heavy atom. The highest BCUT2D eigenvalue weighted by Gasteiger charge is 2.18. The number of nitrogens with zero attached hydrogens (tertiary/aromatic N) is 1. The maximum Gasteiger partial charge on any atom is 0.250 e. The smallest absolute Gasteiger partial charge is 0.250 e. The number of rotatable bonds is 1. The third-order valence-corrected chi connectivity index (χ3v) is 2.04. The third kappa shape index (κ3) is 0.922. The second kappa shape index (κ2) is 2.48. The Balaban J connectivity index is 2.56. The molecule has 2 rings (SSSR count). The van der Waals surface area contributed by atoms with Crippen LogP contribution in [-0.2, 0) is 11.2 Å². The van der Waals surface area contributed by atoms with Gasteiger partial charge in [0.05, 0.1) is 5.69 Å². The molecule has 0 saturated heterocycles. The number of carbonyl (C=O) groups excluding carboxylic acids is 1. The van der Waals surface area contributed by atoms with E-state index < -0.39 is 0 Å². The van der Waals surface area contributed by atoms with Crippen molar-refractivity contribution in [1.29, 1.82) is 0 Å². The van der Waals surface area contributed by atoms with E-state index in [0.29, 0.717) is 6.54 Å². The Labute approximate surface area is 68.8 Å². The number of fused-ring (bicyclic) bond motifs is 1. The van der Waals surface area contributed by atoms with Crippen molar-refractivity contribution in [3.8, 4) is 0 Å². The molecule has 0 atom stereocenters. The summed E-state index contributed by atoms with van der Waals surface area (Å²) in [5.41, 5.74) is 1.61. The lowest BCUT2D eigenvalue weighted by Gasteiger charge is -2.07. The lowest BCUT2D eigenvalue weighted by Crippen LogP contribution is -2.18. The molecule has 1 aliphatic rings. The Morgan fingerprint density at radius 3 is 3.17 bits per heavy atom. The van der Waals surface area contributed by atoms with Gasteiger partial charge in [-0.2, -0.15) is 0 Å². The molecule has 4 heteroatoms. The lowest BCUT2D eigenvalue weighted by atomic mass is 10.2. The summed E-state index contributed by atoms with van der Waals surface area (Å²) in [7, 11) is 0. The number of anilines is 1. The molecule has 0 saturated carbocycles. The number of hydrogen-bond acceptors (Lipinski definition) is 2. The largest absolute Gasteiger partial charge is 0.329 e. The van der Waals surface area contributed by atoms with Gasteiger partial charge in [0.25, 0.3) is 0 Å². The summed E-state index contributed by atoms with van der Waals surface area (Å²) >= 11 is 0. The molecule has 0 spiro atoms. The van der Waals surface area contributed by atoms with E-state index in [9.17, 15) is 9.59 Å². The van der Waals surface area contributed by atoms with Crippen LogP contribution in [0.25, 0.3) is 0 Å². The normalized spacial score (nSPS) is 14.5. The highest BCUT2D eigenvalue weighted by atomic mass is 16.1. The van der Waals surface area contributed by atoms with Crippen molar-refractivity contribution in [1.82, 2.24) is 4.98 Å². The van der Waals surface area contributed by atoms with Gasteiger partial charge in [-0.25, -0.2) is 0 Å². The van der Waals surface area contributed by atoms with E-state index >= 15 is 0 Å². The van der Waals surface area contributed by atoms with Gasteiger partial charge in [0.1, 0.15) is 0 Å². The van der Waals surface area contributed by atoms with E-state index in [4.69, 9.17) is 0 Å². The maximum atomic E-state index is 10.9. The van der Waals surface area contributed by atoms with Crippen molar-refractivity contribution in [2.45, 2.75) is 6.42 Å². The summed E-state index contributed by atoms with van der Waals surface area (Å²) in [6.07, 6.45) is 3.25. The van der Waals surface area contributed by atoms with Gasteiger partial charge in [0.2, 0.25) is 12.0 Å². The topological polar surface area (TPSA) is 53.2 Å². The molecule has 1 aromatic heterocycles. The zero-order valence-corrected chi connectivity index (χ0v) is 6.41. The van der Waals surface area contributed by atoms with Gasteiger partial charge in [0, 0.05) is 18.8 Å². The minimum atomic E-state index is -0.164. The Morgan fingerprint density at radius 1 is 1.58 bits per heavy atom. The molecule has 1 N–H and O–H groups in total. The van der Waals surface area contributed by atoms with E-state index in [-0.39, 0.29) is 5.56 Å². The molecule has 1 aliphatic heterocycles. The van der Waals surface area contributed by atoms with Crippen LogP contribution in [0.2, 0.25) is 0 Å². The second-order valence-corrected chi connectivity index (χ2v) is 2.76. The number of pyridine rings is 1. The Kier molecular flexibility index (Phi) is 1.46. The summed E-state index contributed by atoms with van der Waals surface area (Å²) in [4.78, 5) is 25.5. The molecule has 2 heterocycles.